The fraction of sp³-hybridized carbons (Fsp3) is 0.433. The van der Waals surface area contributed by atoms with E-state index >= 15 is 0 Å². The van der Waals surface area contributed by atoms with Crippen LogP contribution >= 0.6 is 0 Å². The molecule has 2 amide bonds. The number of alkyl carbamates (subject to hydrolysis) is 1. The highest BCUT2D eigenvalue weighted by atomic mass is 16.7. The molecule has 2 atom stereocenters. The van der Waals surface area contributed by atoms with Crippen LogP contribution in [0.2, 0.25) is 0 Å². The van der Waals surface area contributed by atoms with Gasteiger partial charge in [0.15, 0.2) is 0 Å². The maximum atomic E-state index is 13.7. The highest BCUT2D eigenvalue weighted by molar-refractivity contribution is 6.62. The number of allylic oxidation sites excluding steroid dienone is 1. The van der Waals surface area contributed by atoms with Crippen molar-refractivity contribution in [3.8, 4) is 0 Å². The van der Waals surface area contributed by atoms with Gasteiger partial charge < -0.3 is 24.3 Å². The Bertz CT molecular complexity index is 1270. The monoisotopic (exact) mass is 529 g/mol. The Morgan fingerprint density at radius 1 is 1.05 bits per heavy atom. The molecule has 3 heterocycles. The number of carbonyl (C=O) groups excluding carboxylic acids is 2. The van der Waals surface area contributed by atoms with E-state index < -0.39 is 19.3 Å². The molecular weight excluding hydrogens is 493 g/mol. The number of benzene rings is 2. The number of rotatable bonds is 6. The third-order valence-corrected chi connectivity index (χ3v) is 8.31. The molecule has 1 N–H and O–H groups in total. The molecule has 0 saturated carbocycles. The van der Waals surface area contributed by atoms with Crippen LogP contribution in [0.4, 0.5) is 4.79 Å². The molecule has 0 bridgehead atoms. The molecule has 204 valence electrons. The fourth-order valence-electron chi connectivity index (χ4n) is 5.31. The number of amides is 2. The number of hydrogen-bond acceptors (Lipinski definition) is 6. The number of nitrogens with zero attached hydrogens (tertiary/aromatic N) is 2. The summed E-state index contributed by atoms with van der Waals surface area (Å²) < 4.78 is 17.2. The van der Waals surface area contributed by atoms with Crippen molar-refractivity contribution in [3.63, 3.8) is 0 Å². The Labute approximate surface area is 230 Å². The first-order chi connectivity index (χ1) is 18.6. The Morgan fingerprint density at radius 3 is 2.36 bits per heavy atom. The van der Waals surface area contributed by atoms with E-state index in [-0.39, 0.29) is 23.2 Å². The van der Waals surface area contributed by atoms with Gasteiger partial charge in [0.2, 0.25) is 5.91 Å². The molecule has 2 aromatic carbocycles. The smallest absolute Gasteiger partial charge is 0.453 e. The van der Waals surface area contributed by atoms with E-state index in [2.05, 4.69) is 17.4 Å². The number of hydrogen-bond donors (Lipinski definition) is 1. The van der Waals surface area contributed by atoms with E-state index in [4.69, 9.17) is 19.0 Å². The molecule has 5 rings (SSSR count). The highest BCUT2D eigenvalue weighted by Gasteiger charge is 2.51. The van der Waals surface area contributed by atoms with Crippen molar-refractivity contribution in [3.05, 3.63) is 71.9 Å². The van der Waals surface area contributed by atoms with Crippen LogP contribution in [-0.4, -0.2) is 60.6 Å². The summed E-state index contributed by atoms with van der Waals surface area (Å²) in [4.78, 5) is 32.4. The van der Waals surface area contributed by atoms with Crippen LogP contribution < -0.4 is 10.8 Å². The predicted octanol–water partition coefficient (Wildman–Crippen LogP) is 4.26. The van der Waals surface area contributed by atoms with Gasteiger partial charge in [-0.3, -0.25) is 9.79 Å². The number of methoxy groups -OCH3 is 1. The Kier molecular flexibility index (Phi) is 7.40. The summed E-state index contributed by atoms with van der Waals surface area (Å²) in [7, 11) is 0.894. The summed E-state index contributed by atoms with van der Waals surface area (Å²) in [5.74, 6) is -0.156. The van der Waals surface area contributed by atoms with Gasteiger partial charge in [-0.25, -0.2) is 4.79 Å². The molecule has 9 heteroatoms. The molecule has 3 aliphatic heterocycles. The van der Waals surface area contributed by atoms with Crippen LogP contribution in [0.15, 0.2) is 65.8 Å². The fourth-order valence-corrected chi connectivity index (χ4v) is 5.31. The second-order valence-corrected chi connectivity index (χ2v) is 11.3. The van der Waals surface area contributed by atoms with Gasteiger partial charge in [0.1, 0.15) is 6.04 Å². The van der Waals surface area contributed by atoms with Crippen LogP contribution in [0, 0.1) is 0 Å². The summed E-state index contributed by atoms with van der Waals surface area (Å²) >= 11 is 0. The lowest BCUT2D eigenvalue weighted by atomic mass is 9.78. The summed E-state index contributed by atoms with van der Waals surface area (Å²) in [6, 6.07) is 16.6. The molecule has 0 radical (unpaired) electrons. The summed E-state index contributed by atoms with van der Waals surface area (Å²) in [6.45, 7) is 8.82. The van der Waals surface area contributed by atoms with Crippen molar-refractivity contribution in [2.24, 2.45) is 4.99 Å². The average Bonchev–Trinajstić information content (AvgIpc) is 3.65. The summed E-state index contributed by atoms with van der Waals surface area (Å²) in [5, 5.41) is 2.72. The Hall–Kier alpha value is -3.43. The molecule has 0 aliphatic carbocycles. The van der Waals surface area contributed by atoms with E-state index in [1.54, 1.807) is 0 Å². The lowest BCUT2D eigenvalue weighted by Crippen LogP contribution is -2.47. The van der Waals surface area contributed by atoms with Crippen molar-refractivity contribution in [2.45, 2.75) is 70.2 Å². The lowest BCUT2D eigenvalue weighted by Gasteiger charge is -2.32. The molecule has 3 aliphatic rings. The number of likely N-dealkylation sites (tertiary alicyclic amines) is 1. The van der Waals surface area contributed by atoms with E-state index in [9.17, 15) is 9.59 Å². The van der Waals surface area contributed by atoms with Crippen LogP contribution in [-0.2, 0) is 18.8 Å². The second kappa shape index (κ2) is 10.6. The van der Waals surface area contributed by atoms with Gasteiger partial charge in [0, 0.05) is 24.9 Å². The first kappa shape index (κ1) is 27.2. The number of nitrogens with one attached hydrogen (secondary N) is 1. The molecule has 2 saturated heterocycles. The minimum Gasteiger partial charge on any atom is -0.453 e. The summed E-state index contributed by atoms with van der Waals surface area (Å²) in [6.07, 6.45) is 3.66. The minimum atomic E-state index is -0.823. The third-order valence-electron chi connectivity index (χ3n) is 8.31. The van der Waals surface area contributed by atoms with Crippen molar-refractivity contribution >= 4 is 35.9 Å². The van der Waals surface area contributed by atoms with Gasteiger partial charge in [-0.1, -0.05) is 54.6 Å². The van der Waals surface area contributed by atoms with Crippen LogP contribution in [0.25, 0.3) is 5.57 Å². The highest BCUT2D eigenvalue weighted by Crippen LogP contribution is 2.37. The zero-order valence-corrected chi connectivity index (χ0v) is 23.3. The molecular formula is C30H36BN3O5. The first-order valence-electron chi connectivity index (χ1n) is 13.5. The van der Waals surface area contributed by atoms with E-state index in [1.807, 2.05) is 81.3 Å². The molecule has 0 unspecified atom stereocenters. The number of ether oxygens (including phenoxy) is 1. The van der Waals surface area contributed by atoms with Crippen molar-refractivity contribution in [2.75, 3.05) is 13.7 Å². The Balaban J connectivity index is 1.26. The molecule has 2 fully saturated rings. The maximum absolute atomic E-state index is 13.7. The second-order valence-electron chi connectivity index (χ2n) is 11.3. The zero-order valence-electron chi connectivity index (χ0n) is 23.3. The molecule has 39 heavy (non-hydrogen) atoms. The quantitative estimate of drug-likeness (QED) is 0.565. The molecule has 2 aromatic rings. The summed E-state index contributed by atoms with van der Waals surface area (Å²) in [5.41, 5.74) is 4.09. The van der Waals surface area contributed by atoms with Crippen molar-refractivity contribution in [1.29, 1.82) is 0 Å². The van der Waals surface area contributed by atoms with Gasteiger partial charge in [0.25, 0.3) is 0 Å². The van der Waals surface area contributed by atoms with Crippen molar-refractivity contribution in [1.82, 2.24) is 10.2 Å². The molecule has 0 spiro atoms. The van der Waals surface area contributed by atoms with Gasteiger partial charge in [-0.15, -0.1) is 0 Å². The van der Waals surface area contributed by atoms with Crippen molar-refractivity contribution < 1.29 is 23.6 Å². The maximum Gasteiger partial charge on any atom is 0.494 e. The largest absolute Gasteiger partial charge is 0.494 e. The Morgan fingerprint density at radius 2 is 1.72 bits per heavy atom. The minimum absolute atomic E-state index is 0.110. The molecule has 0 aromatic heterocycles. The van der Waals surface area contributed by atoms with E-state index in [0.29, 0.717) is 18.5 Å². The van der Waals surface area contributed by atoms with Gasteiger partial charge >= 0.3 is 13.2 Å². The SMILES string of the molecule is COC(=O)N[C@@H](C(=O)N1CCC[C@H]1C1=NC=C(c2ccc(B3OC(C)(C)C(C)(C)O3)cc2)C1)c1ccccc1. The van der Waals surface area contributed by atoms with E-state index in [0.717, 1.165) is 35.2 Å². The predicted molar refractivity (Wildman–Crippen MR) is 152 cm³/mol. The lowest BCUT2D eigenvalue weighted by molar-refractivity contribution is -0.133. The van der Waals surface area contributed by atoms with Gasteiger partial charge in [-0.2, -0.15) is 0 Å². The molecule has 8 nitrogen and oxygen atoms in total. The van der Waals surface area contributed by atoms with Crippen LogP contribution in [0.5, 0.6) is 0 Å². The normalized spacial score (nSPS) is 22.3. The third kappa shape index (κ3) is 5.38. The van der Waals surface area contributed by atoms with Crippen LogP contribution in [0.3, 0.4) is 0 Å². The number of aliphatic imine (C=N–C) groups is 1. The number of carbonyl (C=O) groups is 2. The van der Waals surface area contributed by atoms with Gasteiger partial charge in [-0.05, 0) is 62.7 Å². The topological polar surface area (TPSA) is 89.5 Å². The standard InChI is InChI=1S/C30H36BN3O5/c1-29(2)30(3,4)39-31(38-29)23-15-13-20(14-16-23)22-18-24(32-19-22)25-12-9-17-34(25)27(35)26(33-28(36)37-5)21-10-7-6-8-11-21/h6-8,10-11,13-16,19,25-26H,9,12,17-18H2,1-5H3,(H,33,36)/t25-,26+/m0/s1. The van der Waals surface area contributed by atoms with Crippen LogP contribution in [0.1, 0.15) is 64.1 Å². The zero-order chi connectivity index (χ0) is 27.8. The van der Waals surface area contributed by atoms with E-state index in [1.165, 1.54) is 7.11 Å². The average molecular weight is 529 g/mol. The first-order valence-corrected chi connectivity index (χ1v) is 13.5. The van der Waals surface area contributed by atoms with Gasteiger partial charge in [0.05, 0.1) is 24.4 Å².